The highest BCUT2D eigenvalue weighted by molar-refractivity contribution is 7.86. The van der Waals surface area contributed by atoms with Gasteiger partial charge in [-0.25, -0.2) is 5.14 Å². The predicted molar refractivity (Wildman–Crippen MR) is 113 cm³/mol. The fourth-order valence-electron chi connectivity index (χ4n) is 3.32. The van der Waals surface area contributed by atoms with Crippen molar-refractivity contribution >= 4 is 27.5 Å². The van der Waals surface area contributed by atoms with Crippen molar-refractivity contribution in [3.05, 3.63) is 53.6 Å². The first-order valence-corrected chi connectivity index (χ1v) is 10.8. The molecule has 9 heteroatoms. The molecule has 0 aliphatic carbocycles. The van der Waals surface area contributed by atoms with Crippen LogP contribution in [-0.2, 0) is 15.0 Å². The van der Waals surface area contributed by atoms with Gasteiger partial charge in [-0.2, -0.15) is 12.7 Å². The molecule has 1 heterocycles. The van der Waals surface area contributed by atoms with Gasteiger partial charge in [0, 0.05) is 37.6 Å². The molecule has 1 saturated heterocycles. The van der Waals surface area contributed by atoms with Crippen LogP contribution in [0.1, 0.15) is 11.1 Å². The van der Waals surface area contributed by atoms with E-state index in [1.807, 2.05) is 56.3 Å². The Hall–Kier alpha value is -2.62. The molecule has 1 aliphatic heterocycles. The smallest absolute Gasteiger partial charge is 0.277 e. The number of nitrogens with two attached hydrogens (primary N) is 1. The van der Waals surface area contributed by atoms with Crippen LogP contribution >= 0.6 is 0 Å². The van der Waals surface area contributed by atoms with Crippen LogP contribution in [0.3, 0.4) is 0 Å². The van der Waals surface area contributed by atoms with E-state index in [1.54, 1.807) is 0 Å². The quantitative estimate of drug-likeness (QED) is 0.742. The molecule has 156 valence electrons. The number of piperazine rings is 1. The Kier molecular flexibility index (Phi) is 6.41. The molecule has 3 N–H and O–H groups in total. The van der Waals surface area contributed by atoms with Gasteiger partial charge in [-0.3, -0.25) is 4.79 Å². The van der Waals surface area contributed by atoms with Gasteiger partial charge in [0.1, 0.15) is 5.75 Å². The minimum absolute atomic E-state index is 0.0693. The Morgan fingerprint density at radius 1 is 1.03 bits per heavy atom. The van der Waals surface area contributed by atoms with Gasteiger partial charge in [0.2, 0.25) is 0 Å². The first-order valence-electron chi connectivity index (χ1n) is 9.34. The number of amides is 1. The summed E-state index contributed by atoms with van der Waals surface area (Å²) in [5.41, 5.74) is 3.80. The molecular formula is C20H26N4O4S. The van der Waals surface area contributed by atoms with E-state index < -0.39 is 10.2 Å². The zero-order chi connectivity index (χ0) is 21.0. The van der Waals surface area contributed by atoms with Crippen LogP contribution < -0.4 is 20.1 Å². The highest BCUT2D eigenvalue weighted by Gasteiger charge is 2.23. The third-order valence-corrected chi connectivity index (χ3v) is 5.76. The second-order valence-electron chi connectivity index (χ2n) is 7.14. The van der Waals surface area contributed by atoms with Crippen molar-refractivity contribution in [2.45, 2.75) is 13.8 Å². The summed E-state index contributed by atoms with van der Waals surface area (Å²) < 4.78 is 29.6. The minimum atomic E-state index is -3.63. The maximum Gasteiger partial charge on any atom is 0.277 e. The lowest BCUT2D eigenvalue weighted by Crippen LogP contribution is -2.50. The number of nitrogens with zero attached hydrogens (tertiary/aromatic N) is 2. The summed E-state index contributed by atoms with van der Waals surface area (Å²) in [6, 6.07) is 13.3. The van der Waals surface area contributed by atoms with Crippen LogP contribution in [0.4, 0.5) is 11.4 Å². The van der Waals surface area contributed by atoms with Crippen LogP contribution in [0.25, 0.3) is 0 Å². The third-order valence-electron chi connectivity index (χ3n) is 4.68. The van der Waals surface area contributed by atoms with Crippen LogP contribution in [0.5, 0.6) is 5.75 Å². The number of anilines is 2. The summed E-state index contributed by atoms with van der Waals surface area (Å²) in [7, 11) is -3.63. The van der Waals surface area contributed by atoms with Crippen LogP contribution in [0.15, 0.2) is 42.5 Å². The van der Waals surface area contributed by atoms with Crippen molar-refractivity contribution in [1.29, 1.82) is 0 Å². The number of benzene rings is 2. The van der Waals surface area contributed by atoms with Gasteiger partial charge in [-0.05, 0) is 61.4 Å². The first-order chi connectivity index (χ1) is 13.7. The fourth-order valence-corrected chi connectivity index (χ4v) is 3.99. The molecule has 0 atom stereocenters. The molecule has 3 rings (SSSR count). The molecule has 1 amide bonds. The largest absolute Gasteiger partial charge is 0.484 e. The van der Waals surface area contributed by atoms with E-state index in [2.05, 4.69) is 10.2 Å². The van der Waals surface area contributed by atoms with E-state index >= 15 is 0 Å². The van der Waals surface area contributed by atoms with E-state index in [0.29, 0.717) is 37.6 Å². The molecule has 1 aliphatic rings. The van der Waals surface area contributed by atoms with E-state index in [9.17, 15) is 13.2 Å². The Morgan fingerprint density at radius 3 is 2.17 bits per heavy atom. The molecule has 0 bridgehead atoms. The average Bonchev–Trinajstić information content (AvgIpc) is 2.66. The third kappa shape index (κ3) is 5.93. The predicted octanol–water partition coefficient (Wildman–Crippen LogP) is 1.65. The summed E-state index contributed by atoms with van der Waals surface area (Å²) in [5, 5.41) is 7.98. The first kappa shape index (κ1) is 21.1. The number of hydrogen-bond acceptors (Lipinski definition) is 5. The number of aryl methyl sites for hydroxylation is 2. The maximum atomic E-state index is 12.2. The summed E-state index contributed by atoms with van der Waals surface area (Å²) >= 11 is 0. The van der Waals surface area contributed by atoms with Gasteiger partial charge in [-0.15, -0.1) is 0 Å². The number of rotatable bonds is 6. The van der Waals surface area contributed by atoms with Crippen LogP contribution in [0, 0.1) is 13.8 Å². The summed E-state index contributed by atoms with van der Waals surface area (Å²) in [6.07, 6.45) is 0. The highest BCUT2D eigenvalue weighted by atomic mass is 32.2. The van der Waals surface area contributed by atoms with Crippen molar-refractivity contribution in [3.63, 3.8) is 0 Å². The molecule has 0 saturated carbocycles. The molecular weight excluding hydrogens is 392 g/mol. The van der Waals surface area contributed by atoms with Gasteiger partial charge >= 0.3 is 0 Å². The topological polar surface area (TPSA) is 105 Å². The van der Waals surface area contributed by atoms with Crippen molar-refractivity contribution in [1.82, 2.24) is 4.31 Å². The van der Waals surface area contributed by atoms with E-state index in [0.717, 1.165) is 16.8 Å². The lowest BCUT2D eigenvalue weighted by molar-refractivity contribution is -0.118. The number of nitrogens with one attached hydrogen (secondary N) is 1. The Labute approximate surface area is 171 Å². The number of ether oxygens (including phenoxy) is 1. The van der Waals surface area contributed by atoms with Crippen LogP contribution in [0.2, 0.25) is 0 Å². The molecule has 8 nitrogen and oxygen atoms in total. The molecule has 0 radical (unpaired) electrons. The molecule has 0 unspecified atom stereocenters. The monoisotopic (exact) mass is 418 g/mol. The van der Waals surface area contributed by atoms with E-state index in [1.165, 1.54) is 4.31 Å². The van der Waals surface area contributed by atoms with Crippen molar-refractivity contribution in [2.75, 3.05) is 43.0 Å². The van der Waals surface area contributed by atoms with E-state index in [-0.39, 0.29) is 12.5 Å². The van der Waals surface area contributed by atoms with Gasteiger partial charge in [0.25, 0.3) is 16.1 Å². The van der Waals surface area contributed by atoms with Gasteiger partial charge < -0.3 is 15.0 Å². The van der Waals surface area contributed by atoms with Gasteiger partial charge in [0.15, 0.2) is 6.61 Å². The Balaban J connectivity index is 1.50. The van der Waals surface area contributed by atoms with Gasteiger partial charge in [0.05, 0.1) is 0 Å². The molecule has 2 aromatic rings. The van der Waals surface area contributed by atoms with Crippen molar-refractivity contribution < 1.29 is 17.9 Å². The number of carbonyl (C=O) groups is 1. The molecule has 0 spiro atoms. The zero-order valence-corrected chi connectivity index (χ0v) is 17.4. The van der Waals surface area contributed by atoms with E-state index in [4.69, 9.17) is 9.88 Å². The molecule has 29 heavy (non-hydrogen) atoms. The highest BCUT2D eigenvalue weighted by Crippen LogP contribution is 2.20. The Morgan fingerprint density at radius 2 is 1.62 bits per heavy atom. The maximum absolute atomic E-state index is 12.2. The Bertz CT molecular complexity index is 948. The van der Waals surface area contributed by atoms with Gasteiger partial charge in [-0.1, -0.05) is 6.07 Å². The second-order valence-corrected chi connectivity index (χ2v) is 8.68. The molecule has 2 aromatic carbocycles. The lowest BCUT2D eigenvalue weighted by Gasteiger charge is -2.34. The van der Waals surface area contributed by atoms with Crippen LogP contribution in [-0.4, -0.2) is 51.4 Å². The normalized spacial score (nSPS) is 15.2. The second kappa shape index (κ2) is 8.81. The minimum Gasteiger partial charge on any atom is -0.484 e. The zero-order valence-electron chi connectivity index (χ0n) is 16.6. The average molecular weight is 419 g/mol. The SMILES string of the molecule is Cc1cc(C)cc(OCC(=O)Nc2ccc(N3CCN(S(N)(=O)=O)CC3)cc2)c1. The summed E-state index contributed by atoms with van der Waals surface area (Å²) in [5.74, 6) is 0.435. The molecule has 1 fully saturated rings. The molecule has 0 aromatic heterocycles. The summed E-state index contributed by atoms with van der Waals surface area (Å²) in [6.45, 7) is 5.73. The fraction of sp³-hybridized carbons (Fsp3) is 0.350. The number of hydrogen-bond donors (Lipinski definition) is 2. The lowest BCUT2D eigenvalue weighted by atomic mass is 10.1. The van der Waals surface area contributed by atoms with Crippen molar-refractivity contribution in [3.8, 4) is 5.75 Å². The van der Waals surface area contributed by atoms with Crippen molar-refractivity contribution in [2.24, 2.45) is 5.14 Å². The number of carbonyl (C=O) groups excluding carboxylic acids is 1. The standard InChI is InChI=1S/C20H26N4O4S/c1-15-11-16(2)13-19(12-15)28-14-20(25)22-17-3-5-18(6-4-17)23-7-9-24(10-8-23)29(21,26)27/h3-6,11-13H,7-10,14H2,1-2H3,(H,22,25)(H2,21,26,27). The summed E-state index contributed by atoms with van der Waals surface area (Å²) in [4.78, 5) is 14.2.